The number of nitrogens with one attached hydrogen (secondary N) is 1. The van der Waals surface area contributed by atoms with Crippen molar-refractivity contribution < 1.29 is 0 Å². The molecule has 0 aliphatic heterocycles. The standard InChI is InChI=1S/C11H7N2/c1-2-4-10-8(3-1)9-5-6-12-7-11(9)13-10/h1-4,6-7,13H. The highest BCUT2D eigenvalue weighted by atomic mass is 14.7. The topological polar surface area (TPSA) is 28.7 Å². The molecule has 0 aliphatic carbocycles. The van der Waals surface area contributed by atoms with E-state index in [1.54, 1.807) is 6.20 Å². The first-order chi connectivity index (χ1) is 6.45. The van der Waals surface area contributed by atoms with Gasteiger partial charge in [0.2, 0.25) is 0 Å². The van der Waals surface area contributed by atoms with E-state index in [1.165, 1.54) is 5.39 Å². The summed E-state index contributed by atoms with van der Waals surface area (Å²) in [7, 11) is 0. The number of aromatic nitrogens is 2. The minimum absolute atomic E-state index is 1.05. The molecule has 3 rings (SSSR count). The molecule has 1 radical (unpaired) electrons. The lowest BCUT2D eigenvalue weighted by Crippen LogP contribution is -1.69. The van der Waals surface area contributed by atoms with E-state index in [1.807, 2.05) is 18.3 Å². The van der Waals surface area contributed by atoms with E-state index >= 15 is 0 Å². The smallest absolute Gasteiger partial charge is 0.0657 e. The summed E-state index contributed by atoms with van der Waals surface area (Å²) in [5, 5.41) is 2.32. The average molecular weight is 167 g/mol. The lowest BCUT2D eigenvalue weighted by Gasteiger charge is -1.86. The molecule has 0 amide bonds. The zero-order valence-corrected chi connectivity index (χ0v) is 6.91. The average Bonchev–Trinajstić information content (AvgIpc) is 2.56. The molecule has 0 fully saturated rings. The quantitative estimate of drug-likeness (QED) is 0.547. The van der Waals surface area contributed by atoms with Crippen molar-refractivity contribution in [3.8, 4) is 0 Å². The molecule has 0 bridgehead atoms. The Hall–Kier alpha value is -1.83. The van der Waals surface area contributed by atoms with Gasteiger partial charge in [0.1, 0.15) is 0 Å². The van der Waals surface area contributed by atoms with Crippen molar-refractivity contribution in [3.05, 3.63) is 42.7 Å². The van der Waals surface area contributed by atoms with Crippen molar-refractivity contribution in [1.29, 1.82) is 0 Å². The summed E-state index contributed by atoms with van der Waals surface area (Å²) in [6.45, 7) is 0. The van der Waals surface area contributed by atoms with Crippen LogP contribution in [0.1, 0.15) is 0 Å². The van der Waals surface area contributed by atoms with Gasteiger partial charge < -0.3 is 4.98 Å². The second kappa shape index (κ2) is 2.33. The van der Waals surface area contributed by atoms with E-state index in [2.05, 4.69) is 28.2 Å². The molecule has 0 saturated heterocycles. The molecule has 1 aromatic carbocycles. The molecule has 2 heteroatoms. The molecule has 0 atom stereocenters. The van der Waals surface area contributed by atoms with Gasteiger partial charge in [-0.3, -0.25) is 4.98 Å². The Morgan fingerprint density at radius 1 is 1.15 bits per heavy atom. The highest BCUT2D eigenvalue weighted by Gasteiger charge is 2.01. The van der Waals surface area contributed by atoms with Gasteiger partial charge in [-0.25, -0.2) is 0 Å². The number of para-hydroxylation sites is 1. The third kappa shape index (κ3) is 0.855. The van der Waals surface area contributed by atoms with E-state index < -0.39 is 0 Å². The Bertz CT molecular complexity index is 516. The van der Waals surface area contributed by atoms with Crippen LogP contribution >= 0.6 is 0 Å². The number of hydrogen-bond acceptors (Lipinski definition) is 1. The Labute approximate surface area is 75.2 Å². The number of pyridine rings is 1. The molecule has 2 nitrogen and oxygen atoms in total. The molecular formula is C11H7N2. The van der Waals surface area contributed by atoms with Gasteiger partial charge in [-0.1, -0.05) is 18.2 Å². The normalized spacial score (nSPS) is 11.1. The number of rotatable bonds is 0. The number of hydrogen-bond donors (Lipinski definition) is 1. The van der Waals surface area contributed by atoms with Crippen molar-refractivity contribution >= 4 is 21.8 Å². The summed E-state index contributed by atoms with van der Waals surface area (Å²) in [6, 6.07) is 11.3. The summed E-state index contributed by atoms with van der Waals surface area (Å²) >= 11 is 0. The van der Waals surface area contributed by atoms with Crippen LogP contribution in [0.4, 0.5) is 0 Å². The summed E-state index contributed by atoms with van der Waals surface area (Å²) < 4.78 is 0. The van der Waals surface area contributed by atoms with Crippen LogP contribution in [0.5, 0.6) is 0 Å². The molecule has 0 spiro atoms. The number of aromatic amines is 1. The number of H-pyrrole nitrogens is 1. The lowest BCUT2D eigenvalue weighted by molar-refractivity contribution is 1.34. The summed E-state index contributed by atoms with van der Waals surface area (Å²) in [6.07, 6.45) is 3.52. The van der Waals surface area contributed by atoms with Crippen LogP contribution in [-0.4, -0.2) is 9.97 Å². The first kappa shape index (κ1) is 6.66. The maximum absolute atomic E-state index is 4.02. The SMILES string of the molecule is [c]1cncc2[nH]c3ccccc3c12. The summed E-state index contributed by atoms with van der Waals surface area (Å²) in [4.78, 5) is 7.31. The van der Waals surface area contributed by atoms with Crippen molar-refractivity contribution in [3.63, 3.8) is 0 Å². The summed E-state index contributed by atoms with van der Waals surface area (Å²) in [5.74, 6) is 0. The van der Waals surface area contributed by atoms with Crippen molar-refractivity contribution in [2.75, 3.05) is 0 Å². The highest BCUT2D eigenvalue weighted by molar-refractivity contribution is 6.06. The van der Waals surface area contributed by atoms with Gasteiger partial charge in [-0.2, -0.15) is 0 Å². The van der Waals surface area contributed by atoms with Crippen molar-refractivity contribution in [2.45, 2.75) is 0 Å². The van der Waals surface area contributed by atoms with Gasteiger partial charge in [-0.15, -0.1) is 0 Å². The van der Waals surface area contributed by atoms with Crippen molar-refractivity contribution in [2.24, 2.45) is 0 Å². The molecule has 1 N–H and O–H groups in total. The van der Waals surface area contributed by atoms with Crippen LogP contribution in [0, 0.1) is 6.07 Å². The number of nitrogens with zero attached hydrogens (tertiary/aromatic N) is 1. The van der Waals surface area contributed by atoms with Crippen LogP contribution in [0.2, 0.25) is 0 Å². The Morgan fingerprint density at radius 2 is 2.08 bits per heavy atom. The molecular weight excluding hydrogens is 160 g/mol. The lowest BCUT2D eigenvalue weighted by atomic mass is 10.2. The maximum atomic E-state index is 4.02. The van der Waals surface area contributed by atoms with Crippen LogP contribution in [0.3, 0.4) is 0 Å². The molecule has 2 aromatic heterocycles. The molecule has 61 valence electrons. The predicted molar refractivity (Wildman–Crippen MR) is 52.4 cm³/mol. The minimum Gasteiger partial charge on any atom is -0.353 e. The Balaban J connectivity index is 2.64. The second-order valence-corrected chi connectivity index (χ2v) is 3.01. The predicted octanol–water partition coefficient (Wildman–Crippen LogP) is 2.52. The van der Waals surface area contributed by atoms with Crippen LogP contribution < -0.4 is 0 Å². The molecule has 13 heavy (non-hydrogen) atoms. The molecule has 0 aliphatic rings. The molecule has 2 heterocycles. The van der Waals surface area contributed by atoms with Crippen LogP contribution in [0.15, 0.2) is 36.7 Å². The summed E-state index contributed by atoms with van der Waals surface area (Å²) in [5.41, 5.74) is 2.19. The van der Waals surface area contributed by atoms with E-state index in [-0.39, 0.29) is 0 Å². The van der Waals surface area contributed by atoms with Crippen LogP contribution in [-0.2, 0) is 0 Å². The van der Waals surface area contributed by atoms with Gasteiger partial charge in [0.15, 0.2) is 0 Å². The van der Waals surface area contributed by atoms with Gasteiger partial charge >= 0.3 is 0 Å². The third-order valence-electron chi connectivity index (χ3n) is 2.22. The van der Waals surface area contributed by atoms with E-state index in [0.717, 1.165) is 16.4 Å². The fourth-order valence-electron chi connectivity index (χ4n) is 1.63. The first-order valence-corrected chi connectivity index (χ1v) is 4.17. The number of benzene rings is 1. The second-order valence-electron chi connectivity index (χ2n) is 3.01. The fraction of sp³-hybridized carbons (Fsp3) is 0. The van der Waals surface area contributed by atoms with E-state index in [0.29, 0.717) is 0 Å². The monoisotopic (exact) mass is 167 g/mol. The number of fused-ring (bicyclic) bond motifs is 3. The first-order valence-electron chi connectivity index (χ1n) is 4.17. The Kier molecular flexibility index (Phi) is 1.19. The highest BCUT2D eigenvalue weighted by Crippen LogP contribution is 2.22. The van der Waals surface area contributed by atoms with Gasteiger partial charge in [-0.05, 0) is 6.07 Å². The minimum atomic E-state index is 1.05. The van der Waals surface area contributed by atoms with Crippen molar-refractivity contribution in [1.82, 2.24) is 9.97 Å². The third-order valence-corrected chi connectivity index (χ3v) is 2.22. The van der Waals surface area contributed by atoms with Crippen LogP contribution in [0.25, 0.3) is 21.8 Å². The maximum Gasteiger partial charge on any atom is 0.0657 e. The van der Waals surface area contributed by atoms with Gasteiger partial charge in [0, 0.05) is 28.6 Å². The molecule has 0 unspecified atom stereocenters. The molecule has 3 aromatic rings. The van der Waals surface area contributed by atoms with Gasteiger partial charge in [0.05, 0.1) is 11.7 Å². The largest absolute Gasteiger partial charge is 0.353 e. The molecule has 0 saturated carbocycles. The zero-order valence-electron chi connectivity index (χ0n) is 6.91. The van der Waals surface area contributed by atoms with Gasteiger partial charge in [0.25, 0.3) is 0 Å². The fourth-order valence-corrected chi connectivity index (χ4v) is 1.63. The van der Waals surface area contributed by atoms with E-state index in [4.69, 9.17) is 0 Å². The Morgan fingerprint density at radius 3 is 3.08 bits per heavy atom. The zero-order chi connectivity index (χ0) is 8.67. The van der Waals surface area contributed by atoms with E-state index in [9.17, 15) is 0 Å².